The summed E-state index contributed by atoms with van der Waals surface area (Å²) in [4.78, 5) is 0. The third kappa shape index (κ3) is 2.81. The molecular formula is C12H20ClN3O. The maximum absolute atomic E-state index is 6.23. The first-order valence-corrected chi connectivity index (χ1v) is 6.57. The van der Waals surface area contributed by atoms with Gasteiger partial charge in [-0.25, -0.2) is 0 Å². The highest BCUT2D eigenvalue weighted by atomic mass is 35.5. The van der Waals surface area contributed by atoms with Gasteiger partial charge in [-0.3, -0.25) is 4.68 Å². The van der Waals surface area contributed by atoms with Crippen molar-refractivity contribution in [2.24, 2.45) is 5.73 Å². The maximum atomic E-state index is 6.23. The molecule has 0 aliphatic carbocycles. The van der Waals surface area contributed by atoms with Crippen molar-refractivity contribution in [2.45, 2.75) is 51.3 Å². The molecule has 4 nitrogen and oxygen atoms in total. The summed E-state index contributed by atoms with van der Waals surface area (Å²) in [6, 6.07) is 0.170. The van der Waals surface area contributed by atoms with Gasteiger partial charge >= 0.3 is 0 Å². The van der Waals surface area contributed by atoms with Crippen LogP contribution in [0.5, 0.6) is 0 Å². The van der Waals surface area contributed by atoms with Gasteiger partial charge in [0.2, 0.25) is 0 Å². The van der Waals surface area contributed by atoms with Crippen molar-refractivity contribution in [3.63, 3.8) is 0 Å². The predicted octanol–water partition coefficient (Wildman–Crippen LogP) is 2.69. The average Bonchev–Trinajstić information content (AvgIpc) is 2.86. The van der Waals surface area contributed by atoms with Crippen molar-refractivity contribution in [2.75, 3.05) is 6.61 Å². The first-order valence-electron chi connectivity index (χ1n) is 6.19. The lowest BCUT2D eigenvalue weighted by Crippen LogP contribution is -2.22. The van der Waals surface area contributed by atoms with Crippen LogP contribution in [0.3, 0.4) is 0 Å². The SMILES string of the molecule is CC(C)n1ncc(Cl)c1C(N)CC1CCCO1. The van der Waals surface area contributed by atoms with Crippen LogP contribution in [0.4, 0.5) is 0 Å². The fourth-order valence-electron chi connectivity index (χ4n) is 2.33. The second kappa shape index (κ2) is 5.38. The van der Waals surface area contributed by atoms with Gasteiger partial charge in [0.15, 0.2) is 0 Å². The van der Waals surface area contributed by atoms with E-state index in [-0.39, 0.29) is 18.2 Å². The minimum atomic E-state index is -0.101. The van der Waals surface area contributed by atoms with Crippen LogP contribution in [0.25, 0.3) is 0 Å². The zero-order valence-electron chi connectivity index (χ0n) is 10.4. The van der Waals surface area contributed by atoms with Gasteiger partial charge in [0.25, 0.3) is 0 Å². The molecule has 1 aromatic rings. The van der Waals surface area contributed by atoms with E-state index in [2.05, 4.69) is 18.9 Å². The summed E-state index contributed by atoms with van der Waals surface area (Å²) in [6.07, 6.45) is 5.00. The number of nitrogens with two attached hydrogens (primary N) is 1. The predicted molar refractivity (Wildman–Crippen MR) is 68.1 cm³/mol. The number of halogens is 1. The van der Waals surface area contributed by atoms with E-state index in [9.17, 15) is 0 Å². The molecule has 2 N–H and O–H groups in total. The maximum Gasteiger partial charge on any atom is 0.0834 e. The minimum absolute atomic E-state index is 0.101. The zero-order chi connectivity index (χ0) is 12.4. The topological polar surface area (TPSA) is 53.1 Å². The monoisotopic (exact) mass is 257 g/mol. The Bertz CT molecular complexity index is 372. The van der Waals surface area contributed by atoms with Gasteiger partial charge in [-0.2, -0.15) is 5.10 Å². The van der Waals surface area contributed by atoms with E-state index in [4.69, 9.17) is 22.1 Å². The summed E-state index contributed by atoms with van der Waals surface area (Å²) in [6.45, 7) is 5.01. The van der Waals surface area contributed by atoms with Gasteiger partial charge in [0.1, 0.15) is 0 Å². The third-order valence-electron chi connectivity index (χ3n) is 3.17. The van der Waals surface area contributed by atoms with Crippen LogP contribution in [-0.4, -0.2) is 22.5 Å². The number of hydrogen-bond donors (Lipinski definition) is 1. The molecule has 0 saturated carbocycles. The number of nitrogens with zero attached hydrogens (tertiary/aromatic N) is 2. The summed E-state index contributed by atoms with van der Waals surface area (Å²) in [5, 5.41) is 4.93. The molecule has 0 radical (unpaired) electrons. The summed E-state index contributed by atoms with van der Waals surface area (Å²) in [7, 11) is 0. The molecular weight excluding hydrogens is 238 g/mol. The molecule has 0 amide bonds. The summed E-state index contributed by atoms with van der Waals surface area (Å²) < 4.78 is 7.51. The van der Waals surface area contributed by atoms with Crippen molar-refractivity contribution in [1.29, 1.82) is 0 Å². The first-order chi connectivity index (χ1) is 8.09. The number of aromatic nitrogens is 2. The normalized spacial score (nSPS) is 22.3. The molecule has 2 rings (SSSR count). The van der Waals surface area contributed by atoms with Crippen molar-refractivity contribution < 1.29 is 4.74 Å². The van der Waals surface area contributed by atoms with Gasteiger partial charge in [0, 0.05) is 12.6 Å². The molecule has 1 fully saturated rings. The van der Waals surface area contributed by atoms with E-state index in [1.54, 1.807) is 6.20 Å². The first kappa shape index (κ1) is 12.9. The molecule has 1 saturated heterocycles. The Morgan fingerprint density at radius 3 is 3.00 bits per heavy atom. The fraction of sp³-hybridized carbons (Fsp3) is 0.750. The lowest BCUT2D eigenvalue weighted by atomic mass is 10.0. The highest BCUT2D eigenvalue weighted by molar-refractivity contribution is 6.31. The Kier molecular flexibility index (Phi) is 4.07. The van der Waals surface area contributed by atoms with Crippen molar-refractivity contribution >= 4 is 11.6 Å². The van der Waals surface area contributed by atoms with E-state index in [0.29, 0.717) is 5.02 Å². The number of rotatable bonds is 4. The lowest BCUT2D eigenvalue weighted by molar-refractivity contribution is 0.0974. The zero-order valence-corrected chi connectivity index (χ0v) is 11.2. The molecule has 1 aromatic heterocycles. The molecule has 0 spiro atoms. The summed E-state index contributed by atoms with van der Waals surface area (Å²) in [5.74, 6) is 0. The van der Waals surface area contributed by atoms with Crippen LogP contribution >= 0.6 is 11.6 Å². The van der Waals surface area contributed by atoms with Crippen LogP contribution in [0.1, 0.15) is 50.9 Å². The quantitative estimate of drug-likeness (QED) is 0.902. The van der Waals surface area contributed by atoms with Crippen LogP contribution in [0, 0.1) is 0 Å². The molecule has 0 bridgehead atoms. The van der Waals surface area contributed by atoms with E-state index in [1.807, 2.05) is 4.68 Å². The van der Waals surface area contributed by atoms with Crippen molar-refractivity contribution in [3.05, 3.63) is 16.9 Å². The lowest BCUT2D eigenvalue weighted by Gasteiger charge is -2.19. The van der Waals surface area contributed by atoms with Crippen LogP contribution in [0.15, 0.2) is 6.20 Å². The molecule has 96 valence electrons. The number of ether oxygens (including phenoxy) is 1. The highest BCUT2D eigenvalue weighted by Crippen LogP contribution is 2.29. The average molecular weight is 258 g/mol. The Balaban J connectivity index is 2.11. The molecule has 2 heterocycles. The minimum Gasteiger partial charge on any atom is -0.378 e. The molecule has 0 aromatic carbocycles. The molecule has 2 atom stereocenters. The number of hydrogen-bond acceptors (Lipinski definition) is 3. The van der Waals surface area contributed by atoms with Crippen LogP contribution < -0.4 is 5.73 Å². The second-order valence-corrected chi connectivity index (χ2v) is 5.30. The van der Waals surface area contributed by atoms with Gasteiger partial charge in [-0.15, -0.1) is 0 Å². The second-order valence-electron chi connectivity index (χ2n) is 4.89. The molecule has 17 heavy (non-hydrogen) atoms. The fourth-order valence-corrected chi connectivity index (χ4v) is 2.60. The van der Waals surface area contributed by atoms with Crippen LogP contribution in [0.2, 0.25) is 5.02 Å². The van der Waals surface area contributed by atoms with E-state index >= 15 is 0 Å². The van der Waals surface area contributed by atoms with E-state index < -0.39 is 0 Å². The Hall–Kier alpha value is -0.580. The standard InChI is InChI=1S/C12H20ClN3O/c1-8(2)16-12(10(13)7-15-16)11(14)6-9-4-3-5-17-9/h7-9,11H,3-6,14H2,1-2H3. The molecule has 2 unspecified atom stereocenters. The van der Waals surface area contributed by atoms with Crippen LogP contribution in [-0.2, 0) is 4.74 Å². The Labute approximate surface area is 107 Å². The van der Waals surface area contributed by atoms with Gasteiger partial charge < -0.3 is 10.5 Å². The summed E-state index contributed by atoms with van der Waals surface area (Å²) >= 11 is 6.17. The van der Waals surface area contributed by atoms with E-state index in [0.717, 1.165) is 31.6 Å². The van der Waals surface area contributed by atoms with Crippen molar-refractivity contribution in [1.82, 2.24) is 9.78 Å². The van der Waals surface area contributed by atoms with E-state index in [1.165, 1.54) is 0 Å². The molecule has 1 aliphatic rings. The molecule has 5 heteroatoms. The largest absolute Gasteiger partial charge is 0.378 e. The summed E-state index contributed by atoms with van der Waals surface area (Å²) in [5.41, 5.74) is 7.16. The highest BCUT2D eigenvalue weighted by Gasteiger charge is 2.24. The van der Waals surface area contributed by atoms with Gasteiger partial charge in [-0.1, -0.05) is 11.6 Å². The molecule has 1 aliphatic heterocycles. The van der Waals surface area contributed by atoms with Crippen molar-refractivity contribution in [3.8, 4) is 0 Å². The van der Waals surface area contributed by atoms with Gasteiger partial charge in [0.05, 0.1) is 29.1 Å². The Morgan fingerprint density at radius 2 is 2.41 bits per heavy atom. The smallest absolute Gasteiger partial charge is 0.0834 e. The third-order valence-corrected chi connectivity index (χ3v) is 3.46. The Morgan fingerprint density at radius 1 is 1.65 bits per heavy atom. The van der Waals surface area contributed by atoms with Gasteiger partial charge in [-0.05, 0) is 33.1 Å².